The van der Waals surface area contributed by atoms with Gasteiger partial charge in [-0.15, -0.1) is 11.8 Å². The number of halogens is 3. The monoisotopic (exact) mass is 518 g/mol. The Morgan fingerprint density at radius 3 is 2.80 bits per heavy atom. The van der Waals surface area contributed by atoms with Gasteiger partial charge in [0.2, 0.25) is 5.91 Å². The molecule has 3 heterocycles. The second-order valence-corrected chi connectivity index (χ2v) is 9.83. The summed E-state index contributed by atoms with van der Waals surface area (Å²) in [6, 6.07) is 4.45. The molecule has 1 amide bonds. The van der Waals surface area contributed by atoms with Crippen molar-refractivity contribution in [2.24, 2.45) is 0 Å². The van der Waals surface area contributed by atoms with E-state index in [-0.39, 0.29) is 29.6 Å². The van der Waals surface area contributed by atoms with Crippen LogP contribution < -0.4 is 10.6 Å². The lowest BCUT2D eigenvalue weighted by Crippen LogP contribution is -2.56. The number of carbonyl (C=O) groups excluding carboxylic acids is 1. The minimum atomic E-state index is -0.750. The molecule has 2 aliphatic rings. The van der Waals surface area contributed by atoms with Crippen molar-refractivity contribution < 1.29 is 18.7 Å². The summed E-state index contributed by atoms with van der Waals surface area (Å²) in [7, 11) is 0. The van der Waals surface area contributed by atoms with E-state index in [1.165, 1.54) is 34.5 Å². The first-order valence-corrected chi connectivity index (χ1v) is 12.3. The Labute approximate surface area is 208 Å². The Morgan fingerprint density at radius 1 is 1.29 bits per heavy atom. The lowest BCUT2D eigenvalue weighted by molar-refractivity contribution is -0.126. The van der Waals surface area contributed by atoms with E-state index >= 15 is 0 Å². The third-order valence-electron chi connectivity index (χ3n) is 6.36. The molecule has 1 fully saturated rings. The number of hydrogen-bond acceptors (Lipinski definition) is 6. The predicted molar refractivity (Wildman–Crippen MR) is 132 cm³/mol. The van der Waals surface area contributed by atoms with Crippen LogP contribution in [0.3, 0.4) is 0 Å². The molecule has 0 aliphatic carbocycles. The molecule has 2 aromatic carbocycles. The molecule has 1 aromatic heterocycles. The number of amides is 1. The van der Waals surface area contributed by atoms with Crippen molar-refractivity contribution in [2.45, 2.75) is 17.5 Å². The molecule has 35 heavy (non-hydrogen) atoms. The number of hydrogen-bond donors (Lipinski definition) is 1. The van der Waals surface area contributed by atoms with Crippen molar-refractivity contribution in [3.05, 3.63) is 64.1 Å². The number of benzene rings is 2. The fourth-order valence-corrected chi connectivity index (χ4v) is 6.29. The highest BCUT2D eigenvalue weighted by Gasteiger charge is 2.33. The summed E-state index contributed by atoms with van der Waals surface area (Å²) in [5, 5.41) is 10.9. The van der Waals surface area contributed by atoms with Gasteiger partial charge in [0.05, 0.1) is 23.2 Å². The SMILES string of the molecule is C=CC(=O)N1CCN(c2nc(=O)n3c4c(c(-c5ccc(F)cc5F)c(Cl)cc24)SCC3)[C@@H](CO)C1. The van der Waals surface area contributed by atoms with Crippen molar-refractivity contribution in [1.82, 2.24) is 14.5 Å². The van der Waals surface area contributed by atoms with Crippen molar-refractivity contribution in [3.8, 4) is 11.1 Å². The molecule has 0 radical (unpaired) electrons. The van der Waals surface area contributed by atoms with Crippen molar-refractivity contribution >= 4 is 46.0 Å². The molecule has 1 N–H and O–H groups in total. The maximum Gasteiger partial charge on any atom is 0.350 e. The summed E-state index contributed by atoms with van der Waals surface area (Å²) in [5.41, 5.74) is 0.639. The number of anilines is 1. The number of thioether (sulfide) groups is 1. The number of aryl methyl sites for hydroxylation is 1. The van der Waals surface area contributed by atoms with Gasteiger partial charge in [-0.2, -0.15) is 4.98 Å². The Hall–Kier alpha value is -2.95. The van der Waals surface area contributed by atoms with Crippen LogP contribution in [0.15, 0.2) is 46.6 Å². The summed E-state index contributed by atoms with van der Waals surface area (Å²) in [6.07, 6.45) is 1.23. The first-order valence-electron chi connectivity index (χ1n) is 11.0. The van der Waals surface area contributed by atoms with Crippen LogP contribution in [-0.2, 0) is 11.3 Å². The van der Waals surface area contributed by atoms with Gasteiger partial charge in [-0.1, -0.05) is 18.2 Å². The maximum atomic E-state index is 14.8. The standard InChI is InChI=1S/C24H21ClF2N4O3S/c1-2-19(33)29-5-6-30(14(11-29)12-32)23-16-10-17(25)20(15-4-3-13(26)9-18(15)27)22-21(16)31(7-8-35-22)24(34)28-23/h2-4,9-10,14,32H,1,5-8,11-12H2/t14-/m1/s1. The number of carbonyl (C=O) groups is 1. The second kappa shape index (κ2) is 9.25. The largest absolute Gasteiger partial charge is 0.394 e. The molecule has 11 heteroatoms. The van der Waals surface area contributed by atoms with Gasteiger partial charge in [-0.25, -0.2) is 13.6 Å². The van der Waals surface area contributed by atoms with E-state index in [2.05, 4.69) is 11.6 Å². The summed E-state index contributed by atoms with van der Waals surface area (Å²) < 4.78 is 29.9. The van der Waals surface area contributed by atoms with Crippen LogP contribution in [-0.4, -0.2) is 63.5 Å². The Kier molecular flexibility index (Phi) is 6.29. The topological polar surface area (TPSA) is 78.7 Å². The van der Waals surface area contributed by atoms with E-state index in [1.807, 2.05) is 4.90 Å². The van der Waals surface area contributed by atoms with Gasteiger partial charge in [-0.3, -0.25) is 9.36 Å². The van der Waals surface area contributed by atoms with E-state index in [9.17, 15) is 23.5 Å². The molecule has 0 unspecified atom stereocenters. The third kappa shape index (κ3) is 3.99. The van der Waals surface area contributed by atoms with Crippen LogP contribution in [0.1, 0.15) is 0 Å². The molecule has 3 aromatic rings. The molecule has 1 atom stereocenters. The first-order chi connectivity index (χ1) is 16.8. The number of piperazine rings is 1. The molecule has 0 spiro atoms. The average molecular weight is 519 g/mol. The van der Waals surface area contributed by atoms with Gasteiger partial charge in [-0.05, 0) is 24.3 Å². The summed E-state index contributed by atoms with van der Waals surface area (Å²) >= 11 is 8.14. The zero-order chi connectivity index (χ0) is 24.9. The number of aromatic nitrogens is 2. The van der Waals surface area contributed by atoms with Crippen molar-refractivity contribution in [3.63, 3.8) is 0 Å². The third-order valence-corrected chi connectivity index (χ3v) is 7.73. The number of nitrogens with zero attached hydrogens (tertiary/aromatic N) is 4. The second-order valence-electron chi connectivity index (χ2n) is 8.32. The van der Waals surface area contributed by atoms with Crippen LogP contribution in [0, 0.1) is 11.6 Å². The van der Waals surface area contributed by atoms with Crippen molar-refractivity contribution in [1.29, 1.82) is 0 Å². The average Bonchev–Trinajstić information content (AvgIpc) is 2.86. The smallest absolute Gasteiger partial charge is 0.350 e. The van der Waals surface area contributed by atoms with Gasteiger partial charge >= 0.3 is 5.69 Å². The molecule has 2 aliphatic heterocycles. The molecular weight excluding hydrogens is 498 g/mol. The molecule has 0 saturated carbocycles. The Bertz CT molecular complexity index is 1430. The van der Waals surface area contributed by atoms with Crippen LogP contribution in [0.25, 0.3) is 22.0 Å². The highest BCUT2D eigenvalue weighted by Crippen LogP contribution is 2.46. The van der Waals surface area contributed by atoms with Gasteiger partial charge in [0.25, 0.3) is 0 Å². The molecule has 0 bridgehead atoms. The van der Waals surface area contributed by atoms with E-state index in [1.54, 1.807) is 11.0 Å². The van der Waals surface area contributed by atoms with Gasteiger partial charge in [0.15, 0.2) is 0 Å². The van der Waals surface area contributed by atoms with Crippen LogP contribution >= 0.6 is 23.4 Å². The zero-order valence-electron chi connectivity index (χ0n) is 18.5. The van der Waals surface area contributed by atoms with Crippen LogP contribution in [0.4, 0.5) is 14.6 Å². The van der Waals surface area contributed by atoms with Gasteiger partial charge < -0.3 is 14.9 Å². The summed E-state index contributed by atoms with van der Waals surface area (Å²) in [4.78, 5) is 33.5. The highest BCUT2D eigenvalue weighted by atomic mass is 35.5. The predicted octanol–water partition coefficient (Wildman–Crippen LogP) is 3.30. The van der Waals surface area contributed by atoms with E-state index < -0.39 is 23.4 Å². The fourth-order valence-electron chi connectivity index (χ4n) is 4.73. The lowest BCUT2D eigenvalue weighted by Gasteiger charge is -2.41. The summed E-state index contributed by atoms with van der Waals surface area (Å²) in [6.45, 7) is 4.61. The number of aliphatic hydroxyl groups is 1. The first kappa shape index (κ1) is 23.8. The fraction of sp³-hybridized carbons (Fsp3) is 0.292. The van der Waals surface area contributed by atoms with E-state index in [0.717, 1.165) is 6.07 Å². The molecule has 5 rings (SSSR count). The highest BCUT2D eigenvalue weighted by molar-refractivity contribution is 7.99. The van der Waals surface area contributed by atoms with E-state index in [4.69, 9.17) is 11.6 Å². The molecule has 1 saturated heterocycles. The number of aliphatic hydroxyl groups excluding tert-OH is 1. The lowest BCUT2D eigenvalue weighted by atomic mass is 10.0. The molecule has 182 valence electrons. The molecular formula is C24H21ClF2N4O3S. The normalized spacial score (nSPS) is 17.7. The summed E-state index contributed by atoms with van der Waals surface area (Å²) in [5.74, 6) is -0.778. The van der Waals surface area contributed by atoms with E-state index in [0.29, 0.717) is 52.6 Å². The molecule has 7 nitrogen and oxygen atoms in total. The quantitative estimate of drug-likeness (QED) is 0.534. The van der Waals surface area contributed by atoms with Crippen LogP contribution in [0.2, 0.25) is 5.02 Å². The minimum Gasteiger partial charge on any atom is -0.394 e. The van der Waals surface area contributed by atoms with Crippen molar-refractivity contribution in [2.75, 3.05) is 36.9 Å². The Balaban J connectivity index is 1.72. The van der Waals surface area contributed by atoms with Crippen LogP contribution in [0.5, 0.6) is 0 Å². The number of rotatable bonds is 4. The minimum absolute atomic E-state index is 0.143. The Morgan fingerprint density at radius 2 is 2.09 bits per heavy atom. The maximum absolute atomic E-state index is 14.8. The zero-order valence-corrected chi connectivity index (χ0v) is 20.1. The van der Waals surface area contributed by atoms with Gasteiger partial charge in [0, 0.05) is 59.4 Å². The van der Waals surface area contributed by atoms with Gasteiger partial charge in [0.1, 0.15) is 17.5 Å².